The highest BCUT2D eigenvalue weighted by Gasteiger charge is 2.40. The second-order valence-corrected chi connectivity index (χ2v) is 5.54. The van der Waals surface area contributed by atoms with E-state index in [0.29, 0.717) is 12.4 Å². The number of fused-ring (bicyclic) bond motifs is 4. The molecule has 2 aliphatic heterocycles. The number of aromatic nitrogens is 1. The third-order valence-corrected chi connectivity index (χ3v) is 4.40. The molecular weight excluding hydrogens is 240 g/mol. The van der Waals surface area contributed by atoms with Gasteiger partial charge in [0.15, 0.2) is 0 Å². The molecule has 0 saturated heterocycles. The molecule has 1 fully saturated rings. The van der Waals surface area contributed by atoms with Gasteiger partial charge in [-0.2, -0.15) is 0 Å². The van der Waals surface area contributed by atoms with Crippen molar-refractivity contribution in [2.45, 2.75) is 37.6 Å². The normalized spacial score (nSPS) is 23.1. The molecule has 1 N–H and O–H groups in total. The molecule has 0 atom stereocenters. The van der Waals surface area contributed by atoms with Crippen molar-refractivity contribution < 1.29 is 4.79 Å². The number of nitrogens with zero attached hydrogens (tertiary/aromatic N) is 3. The van der Waals surface area contributed by atoms with E-state index < -0.39 is 0 Å². The first-order valence-corrected chi connectivity index (χ1v) is 6.90. The average Bonchev–Trinajstić information content (AvgIpc) is 2.85. The summed E-state index contributed by atoms with van der Waals surface area (Å²) >= 11 is 0. The summed E-state index contributed by atoms with van der Waals surface area (Å²) in [5.74, 6) is 0.896. The molecule has 19 heavy (non-hydrogen) atoms. The number of aliphatic imine (C=N–C) groups is 2. The van der Waals surface area contributed by atoms with E-state index in [4.69, 9.17) is 0 Å². The summed E-state index contributed by atoms with van der Waals surface area (Å²) in [6.07, 6.45) is 9.53. The highest BCUT2D eigenvalue weighted by atomic mass is 16.1. The molecular formula is C14H16N4O. The quantitative estimate of drug-likeness (QED) is 0.773. The van der Waals surface area contributed by atoms with Crippen molar-refractivity contribution in [1.29, 1.82) is 0 Å². The van der Waals surface area contributed by atoms with Crippen molar-refractivity contribution in [2.24, 2.45) is 9.98 Å². The van der Waals surface area contributed by atoms with Crippen LogP contribution in [0, 0.1) is 0 Å². The van der Waals surface area contributed by atoms with Gasteiger partial charge in [0.1, 0.15) is 18.2 Å². The van der Waals surface area contributed by atoms with Gasteiger partial charge in [-0.3, -0.25) is 9.79 Å². The van der Waals surface area contributed by atoms with Gasteiger partial charge in [-0.15, -0.1) is 0 Å². The van der Waals surface area contributed by atoms with E-state index >= 15 is 0 Å². The fraction of sp³-hybridized carbons (Fsp3) is 0.500. The van der Waals surface area contributed by atoms with Crippen molar-refractivity contribution in [2.75, 3.05) is 12.0 Å². The lowest BCUT2D eigenvalue weighted by molar-refractivity contribution is 0.0976. The summed E-state index contributed by atoms with van der Waals surface area (Å²) in [7, 11) is 0. The molecule has 1 aromatic heterocycles. The number of hydrogen-bond donors (Lipinski definition) is 1. The zero-order chi connectivity index (χ0) is 12.9. The van der Waals surface area contributed by atoms with Crippen LogP contribution in [0.2, 0.25) is 0 Å². The average molecular weight is 256 g/mol. The second kappa shape index (κ2) is 3.79. The van der Waals surface area contributed by atoms with Gasteiger partial charge in [-0.25, -0.2) is 4.99 Å². The van der Waals surface area contributed by atoms with E-state index in [1.54, 1.807) is 0 Å². The van der Waals surface area contributed by atoms with Crippen LogP contribution < -0.4 is 5.32 Å². The molecule has 1 amide bonds. The molecule has 1 spiro atoms. The predicted octanol–water partition coefficient (Wildman–Crippen LogP) is 2.17. The second-order valence-electron chi connectivity index (χ2n) is 5.54. The Hall–Kier alpha value is -1.91. The number of nitrogens with one attached hydrogen (secondary N) is 1. The number of rotatable bonds is 0. The van der Waals surface area contributed by atoms with E-state index in [0.717, 1.165) is 24.2 Å². The molecule has 1 saturated carbocycles. The molecule has 1 aliphatic carbocycles. The third kappa shape index (κ3) is 1.44. The van der Waals surface area contributed by atoms with Crippen LogP contribution in [-0.4, -0.2) is 29.6 Å². The summed E-state index contributed by atoms with van der Waals surface area (Å²) < 4.78 is 2.18. The number of hydrogen-bond acceptors (Lipinski definition) is 3. The first-order valence-electron chi connectivity index (χ1n) is 6.90. The van der Waals surface area contributed by atoms with Crippen LogP contribution in [0.4, 0.5) is 5.82 Å². The van der Waals surface area contributed by atoms with Gasteiger partial charge in [0.05, 0.1) is 5.54 Å². The van der Waals surface area contributed by atoms with Crippen LogP contribution in [0.15, 0.2) is 16.1 Å². The Morgan fingerprint density at radius 1 is 1.26 bits per heavy atom. The van der Waals surface area contributed by atoms with Crippen LogP contribution in [-0.2, 0) is 5.54 Å². The molecule has 3 heterocycles. The summed E-state index contributed by atoms with van der Waals surface area (Å²) in [4.78, 5) is 20.4. The largest absolute Gasteiger partial charge is 0.352 e. The van der Waals surface area contributed by atoms with Crippen LogP contribution in [0.1, 0.15) is 48.2 Å². The van der Waals surface area contributed by atoms with Crippen molar-refractivity contribution >= 4 is 24.2 Å². The maximum absolute atomic E-state index is 12.0. The summed E-state index contributed by atoms with van der Waals surface area (Å²) in [5, 5.41) is 3.31. The third-order valence-electron chi connectivity index (χ3n) is 4.40. The van der Waals surface area contributed by atoms with Gasteiger partial charge in [-0.05, 0) is 18.9 Å². The maximum Gasteiger partial charge on any atom is 0.293 e. The summed E-state index contributed by atoms with van der Waals surface area (Å²) in [6, 6.07) is 1.92. The smallest absolute Gasteiger partial charge is 0.293 e. The lowest BCUT2D eigenvalue weighted by Gasteiger charge is -2.39. The van der Waals surface area contributed by atoms with Gasteiger partial charge < -0.3 is 9.88 Å². The number of anilines is 1. The number of carbonyl (C=O) groups excluding carboxylic acids is 1. The molecule has 98 valence electrons. The Morgan fingerprint density at radius 2 is 2.11 bits per heavy atom. The SMILES string of the molecule is O=C1N=CC2(CCCCC2)n2c1cc1c2NCN=C1. The molecule has 0 radical (unpaired) electrons. The lowest BCUT2D eigenvalue weighted by Crippen LogP contribution is -2.42. The van der Waals surface area contributed by atoms with E-state index in [1.807, 2.05) is 18.5 Å². The minimum atomic E-state index is -0.138. The van der Waals surface area contributed by atoms with Gasteiger partial charge in [0, 0.05) is 18.0 Å². The van der Waals surface area contributed by atoms with E-state index in [1.165, 1.54) is 19.3 Å². The standard InChI is InChI=1S/C14H16N4O/c19-13-11-6-10-7-15-9-17-12(10)18(11)14(8-16-13)4-2-1-3-5-14/h6-8,17H,1-5,9H2. The Labute approximate surface area is 111 Å². The highest BCUT2D eigenvalue weighted by molar-refractivity contribution is 6.05. The Balaban J connectivity index is 1.94. The first kappa shape index (κ1) is 11.0. The summed E-state index contributed by atoms with van der Waals surface area (Å²) in [6.45, 7) is 0.581. The van der Waals surface area contributed by atoms with Crippen LogP contribution in [0.3, 0.4) is 0 Å². The van der Waals surface area contributed by atoms with Crippen LogP contribution in [0.5, 0.6) is 0 Å². The molecule has 3 aliphatic rings. The molecule has 4 rings (SSSR count). The predicted molar refractivity (Wildman–Crippen MR) is 74.4 cm³/mol. The topological polar surface area (TPSA) is 58.8 Å². The molecule has 1 aromatic rings. The zero-order valence-electron chi connectivity index (χ0n) is 10.7. The molecule has 0 unspecified atom stereocenters. The van der Waals surface area contributed by atoms with Gasteiger partial charge >= 0.3 is 0 Å². The Morgan fingerprint density at radius 3 is 2.95 bits per heavy atom. The fourth-order valence-corrected chi connectivity index (χ4v) is 3.51. The van der Waals surface area contributed by atoms with Crippen molar-refractivity contribution in [3.63, 3.8) is 0 Å². The van der Waals surface area contributed by atoms with Crippen molar-refractivity contribution in [3.05, 3.63) is 17.3 Å². The Bertz CT molecular complexity index is 605. The van der Waals surface area contributed by atoms with Gasteiger partial charge in [-0.1, -0.05) is 19.3 Å². The van der Waals surface area contributed by atoms with Crippen LogP contribution in [0.25, 0.3) is 0 Å². The van der Waals surface area contributed by atoms with E-state index in [-0.39, 0.29) is 11.4 Å². The zero-order valence-corrected chi connectivity index (χ0v) is 10.7. The first-order chi connectivity index (χ1) is 9.30. The van der Waals surface area contributed by atoms with Gasteiger partial charge in [0.25, 0.3) is 5.91 Å². The molecule has 5 heteroatoms. The lowest BCUT2D eigenvalue weighted by atomic mass is 9.81. The van der Waals surface area contributed by atoms with Crippen LogP contribution >= 0.6 is 0 Å². The van der Waals surface area contributed by atoms with E-state index in [9.17, 15) is 4.79 Å². The van der Waals surface area contributed by atoms with E-state index in [2.05, 4.69) is 19.9 Å². The minimum absolute atomic E-state index is 0.104. The van der Waals surface area contributed by atoms with Crippen molar-refractivity contribution in [1.82, 2.24) is 4.57 Å². The molecule has 0 aromatic carbocycles. The molecule has 0 bridgehead atoms. The Kier molecular flexibility index (Phi) is 2.19. The monoisotopic (exact) mass is 256 g/mol. The highest BCUT2D eigenvalue weighted by Crippen LogP contribution is 2.41. The van der Waals surface area contributed by atoms with Crippen molar-refractivity contribution in [3.8, 4) is 0 Å². The van der Waals surface area contributed by atoms with Gasteiger partial charge in [0.2, 0.25) is 0 Å². The minimum Gasteiger partial charge on any atom is -0.352 e. The number of carbonyl (C=O) groups is 1. The maximum atomic E-state index is 12.0. The number of amides is 1. The summed E-state index contributed by atoms with van der Waals surface area (Å²) in [5.41, 5.74) is 1.60. The molecule has 5 nitrogen and oxygen atoms in total. The fourth-order valence-electron chi connectivity index (χ4n) is 3.51.